The lowest BCUT2D eigenvalue weighted by Crippen LogP contribution is -1.92. The summed E-state index contributed by atoms with van der Waals surface area (Å²) in [5.41, 5.74) is -0.0471. The monoisotopic (exact) mass is 197 g/mol. The van der Waals surface area contributed by atoms with Crippen molar-refractivity contribution in [2.75, 3.05) is 7.11 Å². The highest BCUT2D eigenvalue weighted by Crippen LogP contribution is 2.27. The Bertz CT molecular complexity index is 363. The van der Waals surface area contributed by atoms with Gasteiger partial charge in [0.2, 0.25) is 6.08 Å². The van der Waals surface area contributed by atoms with Gasteiger partial charge in [-0.3, -0.25) is 0 Å². The summed E-state index contributed by atoms with van der Waals surface area (Å²) < 4.78 is 17.9. The first-order valence-electron chi connectivity index (χ1n) is 3.78. The third-order valence-corrected chi connectivity index (χ3v) is 1.68. The predicted octanol–water partition coefficient (Wildman–Crippen LogP) is 1.38. The van der Waals surface area contributed by atoms with Crippen molar-refractivity contribution in [1.82, 2.24) is 0 Å². The van der Waals surface area contributed by atoms with Gasteiger partial charge in [-0.15, -0.1) is 0 Å². The van der Waals surface area contributed by atoms with Crippen LogP contribution >= 0.6 is 0 Å². The Hall–Kier alpha value is -1.87. The van der Waals surface area contributed by atoms with Crippen LogP contribution in [0.25, 0.3) is 0 Å². The minimum atomic E-state index is -0.666. The lowest BCUT2D eigenvalue weighted by atomic mass is 10.2. The van der Waals surface area contributed by atoms with E-state index in [0.717, 1.165) is 6.07 Å². The van der Waals surface area contributed by atoms with E-state index in [0.29, 0.717) is 0 Å². The number of aromatic hydroxyl groups is 1. The molecular weight excluding hydrogens is 189 g/mol. The number of benzene rings is 1. The second kappa shape index (κ2) is 4.39. The molecule has 0 atom stereocenters. The van der Waals surface area contributed by atoms with Gasteiger partial charge in [-0.25, -0.2) is 14.2 Å². The van der Waals surface area contributed by atoms with E-state index < -0.39 is 5.82 Å². The molecule has 0 unspecified atom stereocenters. The zero-order valence-electron chi connectivity index (χ0n) is 7.45. The maximum absolute atomic E-state index is 13.2. The molecule has 0 aromatic heterocycles. The van der Waals surface area contributed by atoms with Crippen LogP contribution in [0.3, 0.4) is 0 Å². The summed E-state index contributed by atoms with van der Waals surface area (Å²) in [6.45, 7) is -0.231. The SMILES string of the molecule is COc1cc(O)c(CN=C=O)c(F)c1. The predicted molar refractivity (Wildman–Crippen MR) is 46.4 cm³/mol. The quantitative estimate of drug-likeness (QED) is 0.588. The van der Waals surface area contributed by atoms with E-state index in [1.807, 2.05) is 0 Å². The lowest BCUT2D eigenvalue weighted by Gasteiger charge is -2.05. The molecule has 0 aliphatic rings. The number of phenols is 1. The number of hydrogen-bond donors (Lipinski definition) is 1. The summed E-state index contributed by atoms with van der Waals surface area (Å²) >= 11 is 0. The molecule has 0 spiro atoms. The number of aliphatic imine (C=N–C) groups is 1. The minimum Gasteiger partial charge on any atom is -0.507 e. The molecule has 4 nitrogen and oxygen atoms in total. The van der Waals surface area contributed by atoms with Crippen molar-refractivity contribution in [3.05, 3.63) is 23.5 Å². The van der Waals surface area contributed by atoms with Gasteiger partial charge < -0.3 is 9.84 Å². The lowest BCUT2D eigenvalue weighted by molar-refractivity contribution is 0.400. The molecule has 0 fully saturated rings. The Morgan fingerprint density at radius 1 is 1.64 bits per heavy atom. The number of rotatable bonds is 3. The highest BCUT2D eigenvalue weighted by molar-refractivity contribution is 5.42. The number of hydrogen-bond acceptors (Lipinski definition) is 4. The topological polar surface area (TPSA) is 58.9 Å². The molecule has 0 radical (unpaired) electrons. The summed E-state index contributed by atoms with van der Waals surface area (Å²) in [7, 11) is 1.36. The molecule has 0 heterocycles. The van der Waals surface area contributed by atoms with Crippen LogP contribution in [0.15, 0.2) is 17.1 Å². The Balaban J connectivity index is 3.11. The van der Waals surface area contributed by atoms with Gasteiger partial charge in [0.15, 0.2) is 0 Å². The summed E-state index contributed by atoms with van der Waals surface area (Å²) in [5, 5.41) is 9.32. The Morgan fingerprint density at radius 2 is 2.36 bits per heavy atom. The Morgan fingerprint density at radius 3 is 2.86 bits per heavy atom. The van der Waals surface area contributed by atoms with E-state index in [4.69, 9.17) is 4.74 Å². The average molecular weight is 197 g/mol. The fraction of sp³-hybridized carbons (Fsp3) is 0.222. The molecular formula is C9H8FNO3. The van der Waals surface area contributed by atoms with Gasteiger partial charge in [-0.1, -0.05) is 0 Å². The molecule has 14 heavy (non-hydrogen) atoms. The van der Waals surface area contributed by atoms with E-state index in [1.165, 1.54) is 19.3 Å². The third kappa shape index (κ3) is 2.08. The van der Waals surface area contributed by atoms with Crippen molar-refractivity contribution in [3.63, 3.8) is 0 Å². The van der Waals surface area contributed by atoms with E-state index in [9.17, 15) is 14.3 Å². The summed E-state index contributed by atoms with van der Waals surface area (Å²) in [5.74, 6) is -0.750. The van der Waals surface area contributed by atoms with Crippen molar-refractivity contribution in [2.45, 2.75) is 6.54 Å². The van der Waals surface area contributed by atoms with Gasteiger partial charge in [-0.2, -0.15) is 0 Å². The molecule has 0 saturated heterocycles. The highest BCUT2D eigenvalue weighted by atomic mass is 19.1. The maximum atomic E-state index is 13.2. The molecule has 1 aromatic rings. The van der Waals surface area contributed by atoms with Gasteiger partial charge in [0, 0.05) is 12.1 Å². The van der Waals surface area contributed by atoms with Crippen molar-refractivity contribution < 1.29 is 19.0 Å². The van der Waals surface area contributed by atoms with E-state index in [2.05, 4.69) is 4.99 Å². The van der Waals surface area contributed by atoms with Gasteiger partial charge in [-0.05, 0) is 0 Å². The molecule has 1 rings (SSSR count). The van der Waals surface area contributed by atoms with Crippen LogP contribution < -0.4 is 4.74 Å². The maximum Gasteiger partial charge on any atom is 0.235 e. The molecule has 0 aliphatic carbocycles. The van der Waals surface area contributed by atoms with Crippen molar-refractivity contribution in [2.24, 2.45) is 4.99 Å². The van der Waals surface area contributed by atoms with Crippen LogP contribution in [0.5, 0.6) is 11.5 Å². The van der Waals surface area contributed by atoms with E-state index >= 15 is 0 Å². The Labute approximate surface area is 79.7 Å². The number of phenolic OH excluding ortho intramolecular Hbond substituents is 1. The van der Waals surface area contributed by atoms with Crippen molar-refractivity contribution in [3.8, 4) is 11.5 Å². The average Bonchev–Trinajstić information content (AvgIpc) is 2.16. The zero-order valence-corrected chi connectivity index (χ0v) is 7.45. The number of halogens is 1. The van der Waals surface area contributed by atoms with E-state index in [-0.39, 0.29) is 23.6 Å². The van der Waals surface area contributed by atoms with Crippen LogP contribution in [0, 0.1) is 5.82 Å². The fourth-order valence-electron chi connectivity index (χ4n) is 0.984. The van der Waals surface area contributed by atoms with Crippen LogP contribution in [0.1, 0.15) is 5.56 Å². The van der Waals surface area contributed by atoms with Gasteiger partial charge >= 0.3 is 0 Å². The molecule has 0 bridgehead atoms. The molecule has 0 aliphatic heterocycles. The smallest absolute Gasteiger partial charge is 0.235 e. The van der Waals surface area contributed by atoms with Gasteiger partial charge in [0.05, 0.1) is 19.2 Å². The molecule has 74 valence electrons. The van der Waals surface area contributed by atoms with Gasteiger partial charge in [0.1, 0.15) is 17.3 Å². The first-order valence-corrected chi connectivity index (χ1v) is 3.78. The number of nitrogens with zero attached hydrogens (tertiary/aromatic N) is 1. The fourth-order valence-corrected chi connectivity index (χ4v) is 0.984. The molecule has 1 aromatic carbocycles. The summed E-state index contributed by atoms with van der Waals surface area (Å²) in [6.07, 6.45) is 1.27. The standard InChI is InChI=1S/C9H8FNO3/c1-14-6-2-8(10)7(4-11-5-12)9(13)3-6/h2-3,13H,4H2,1H3. The molecule has 0 saturated carbocycles. The zero-order chi connectivity index (χ0) is 10.6. The minimum absolute atomic E-state index is 0.0471. The third-order valence-electron chi connectivity index (χ3n) is 1.68. The van der Waals surface area contributed by atoms with Gasteiger partial charge in [0.25, 0.3) is 0 Å². The van der Waals surface area contributed by atoms with E-state index in [1.54, 1.807) is 0 Å². The number of isocyanates is 1. The van der Waals surface area contributed by atoms with Crippen LogP contribution in [0.2, 0.25) is 0 Å². The normalized spacial score (nSPS) is 9.29. The van der Waals surface area contributed by atoms with Crippen LogP contribution in [0.4, 0.5) is 4.39 Å². The first kappa shape index (κ1) is 10.2. The molecule has 0 amide bonds. The largest absolute Gasteiger partial charge is 0.507 e. The second-order valence-electron chi connectivity index (χ2n) is 2.51. The molecule has 5 heteroatoms. The molecule has 1 N–H and O–H groups in total. The summed E-state index contributed by atoms with van der Waals surface area (Å²) in [4.78, 5) is 13.0. The van der Waals surface area contributed by atoms with Crippen molar-refractivity contribution >= 4 is 6.08 Å². The number of methoxy groups -OCH3 is 1. The Kier molecular flexibility index (Phi) is 3.20. The second-order valence-corrected chi connectivity index (χ2v) is 2.51. The number of ether oxygens (including phenoxy) is 1. The number of carbonyl (C=O) groups excluding carboxylic acids is 1. The van der Waals surface area contributed by atoms with Crippen LogP contribution in [-0.2, 0) is 11.3 Å². The highest BCUT2D eigenvalue weighted by Gasteiger charge is 2.09. The van der Waals surface area contributed by atoms with Crippen LogP contribution in [-0.4, -0.2) is 18.3 Å². The van der Waals surface area contributed by atoms with Crippen molar-refractivity contribution in [1.29, 1.82) is 0 Å². The summed E-state index contributed by atoms with van der Waals surface area (Å²) in [6, 6.07) is 2.36. The first-order chi connectivity index (χ1) is 6.69.